The normalized spacial score (nSPS) is 26.0. The fraction of sp³-hybridized carbons (Fsp3) is 0.750. The van der Waals surface area contributed by atoms with Crippen LogP contribution < -0.4 is 10.4 Å². The number of amides is 1. The van der Waals surface area contributed by atoms with Gasteiger partial charge in [-0.3, -0.25) is 4.79 Å². The van der Waals surface area contributed by atoms with Crippen LogP contribution >= 0.6 is 0 Å². The zero-order valence-corrected chi connectivity index (χ0v) is 17.6. The van der Waals surface area contributed by atoms with Crippen molar-refractivity contribution >= 4 is 24.4 Å². The first-order valence-electron chi connectivity index (χ1n) is 10.4. The van der Waals surface area contributed by atoms with Gasteiger partial charge >= 0.3 is 7.12 Å². The number of rotatable bonds is 5. The van der Waals surface area contributed by atoms with E-state index in [1.165, 1.54) is 0 Å². The van der Waals surface area contributed by atoms with E-state index in [-0.39, 0.29) is 23.2 Å². The molecule has 2 saturated heterocycles. The molecule has 1 atom stereocenters. The Bertz CT molecular complexity index is 719. The van der Waals surface area contributed by atoms with Gasteiger partial charge < -0.3 is 19.1 Å². The van der Waals surface area contributed by atoms with Gasteiger partial charge in [-0.05, 0) is 53.4 Å². The Kier molecular flexibility index (Phi) is 4.90. The van der Waals surface area contributed by atoms with Crippen molar-refractivity contribution in [3.8, 4) is 0 Å². The highest BCUT2D eigenvalue weighted by molar-refractivity contribution is 6.61. The second-order valence-corrected chi connectivity index (χ2v) is 9.30. The van der Waals surface area contributed by atoms with E-state index in [1.807, 2.05) is 45.0 Å². The van der Waals surface area contributed by atoms with Gasteiger partial charge in [-0.1, -0.05) is 0 Å². The molecule has 0 N–H and O–H groups in total. The van der Waals surface area contributed by atoms with E-state index in [1.54, 1.807) is 6.92 Å². The summed E-state index contributed by atoms with van der Waals surface area (Å²) in [5.74, 6) is 0.897. The number of hydrogen-bond donors (Lipinski definition) is 0. The van der Waals surface area contributed by atoms with E-state index in [0.29, 0.717) is 6.04 Å². The zero-order chi connectivity index (χ0) is 20.1. The molecule has 1 aliphatic carbocycles. The van der Waals surface area contributed by atoms with Crippen LogP contribution in [0.2, 0.25) is 0 Å². The highest BCUT2D eigenvalue weighted by atomic mass is 16.7. The molecule has 1 saturated carbocycles. The lowest BCUT2D eigenvalue weighted by molar-refractivity contribution is -0.129. The van der Waals surface area contributed by atoms with Gasteiger partial charge in [0.1, 0.15) is 0 Å². The van der Waals surface area contributed by atoms with Crippen molar-refractivity contribution in [3.05, 3.63) is 12.4 Å². The first kappa shape index (κ1) is 19.6. The Labute approximate surface area is 167 Å². The van der Waals surface area contributed by atoms with Crippen LogP contribution in [0.5, 0.6) is 0 Å². The fourth-order valence-corrected chi connectivity index (χ4v) is 4.03. The van der Waals surface area contributed by atoms with Gasteiger partial charge in [0.25, 0.3) is 0 Å². The molecule has 152 valence electrons. The molecule has 3 fully saturated rings. The minimum absolute atomic E-state index is 0.162. The highest BCUT2D eigenvalue weighted by Crippen LogP contribution is 2.36. The van der Waals surface area contributed by atoms with Gasteiger partial charge in [-0.25, -0.2) is 9.97 Å². The van der Waals surface area contributed by atoms with Crippen LogP contribution in [0.25, 0.3) is 0 Å². The van der Waals surface area contributed by atoms with Gasteiger partial charge in [0, 0.05) is 50.0 Å². The maximum absolute atomic E-state index is 11.9. The predicted octanol–water partition coefficient (Wildman–Crippen LogP) is 1.76. The maximum atomic E-state index is 11.9. The summed E-state index contributed by atoms with van der Waals surface area (Å²) in [7, 11) is -0.448. The zero-order valence-electron chi connectivity index (χ0n) is 17.6. The Morgan fingerprint density at radius 3 is 2.32 bits per heavy atom. The molecule has 2 aliphatic heterocycles. The van der Waals surface area contributed by atoms with E-state index in [4.69, 9.17) is 9.31 Å². The Hall–Kier alpha value is -1.67. The first-order chi connectivity index (χ1) is 13.2. The number of likely N-dealkylation sites (tertiary alicyclic amines) is 1. The lowest BCUT2D eigenvalue weighted by Gasteiger charge is -2.32. The molecule has 0 bridgehead atoms. The molecule has 3 aliphatic rings. The molecule has 0 spiro atoms. The van der Waals surface area contributed by atoms with Crippen molar-refractivity contribution in [2.24, 2.45) is 0 Å². The van der Waals surface area contributed by atoms with E-state index in [9.17, 15) is 4.79 Å². The van der Waals surface area contributed by atoms with E-state index in [0.717, 1.165) is 50.2 Å². The monoisotopic (exact) mass is 386 g/mol. The Morgan fingerprint density at radius 1 is 1.18 bits per heavy atom. The van der Waals surface area contributed by atoms with Crippen molar-refractivity contribution < 1.29 is 14.1 Å². The molecule has 0 unspecified atom stereocenters. The van der Waals surface area contributed by atoms with E-state index < -0.39 is 7.12 Å². The van der Waals surface area contributed by atoms with Crippen molar-refractivity contribution in [3.63, 3.8) is 0 Å². The van der Waals surface area contributed by atoms with Crippen LogP contribution in [-0.2, 0) is 14.1 Å². The van der Waals surface area contributed by atoms with Gasteiger partial charge in [0.15, 0.2) is 0 Å². The van der Waals surface area contributed by atoms with Crippen LogP contribution in [0.15, 0.2) is 12.4 Å². The number of carbonyl (C=O) groups is 1. The molecular formula is C20H31BN4O3. The number of carbonyl (C=O) groups excluding carboxylic acids is 1. The van der Waals surface area contributed by atoms with E-state index in [2.05, 4.69) is 14.9 Å². The van der Waals surface area contributed by atoms with Crippen molar-refractivity contribution in [2.75, 3.05) is 18.0 Å². The molecular weight excluding hydrogens is 355 g/mol. The van der Waals surface area contributed by atoms with Crippen LogP contribution in [0.1, 0.15) is 60.3 Å². The standard InChI is InChI=1S/C20H31BN4O3/c1-14(26)24-10-6-7-17(24)13-25(16-8-9-16)18-22-11-15(12-23-18)21-27-19(2,3)20(4,5)28-21/h11-12,16-17H,6-10,13H2,1-5H3/t17-/m0/s1. The van der Waals surface area contributed by atoms with Gasteiger partial charge in [-0.2, -0.15) is 0 Å². The largest absolute Gasteiger partial charge is 0.498 e. The van der Waals surface area contributed by atoms with Crippen molar-refractivity contribution in [1.82, 2.24) is 14.9 Å². The van der Waals surface area contributed by atoms with Crippen LogP contribution in [0.3, 0.4) is 0 Å². The fourth-order valence-electron chi connectivity index (χ4n) is 4.03. The topological polar surface area (TPSA) is 67.8 Å². The van der Waals surface area contributed by atoms with Gasteiger partial charge in [-0.15, -0.1) is 0 Å². The van der Waals surface area contributed by atoms with Crippen LogP contribution in [0, 0.1) is 0 Å². The quantitative estimate of drug-likeness (QED) is 0.719. The van der Waals surface area contributed by atoms with Crippen molar-refractivity contribution in [2.45, 2.75) is 83.6 Å². The van der Waals surface area contributed by atoms with Crippen LogP contribution in [-0.4, -0.2) is 64.3 Å². The Morgan fingerprint density at radius 2 is 1.79 bits per heavy atom. The summed E-state index contributed by atoms with van der Waals surface area (Å²) in [6.45, 7) is 11.5. The average molecular weight is 386 g/mol. The lowest BCUT2D eigenvalue weighted by Crippen LogP contribution is -2.44. The molecule has 0 radical (unpaired) electrons. The second kappa shape index (κ2) is 6.99. The third-order valence-electron chi connectivity index (χ3n) is 6.62. The molecule has 7 nitrogen and oxygen atoms in total. The second-order valence-electron chi connectivity index (χ2n) is 9.30. The minimum Gasteiger partial charge on any atom is -0.399 e. The third-order valence-corrected chi connectivity index (χ3v) is 6.62. The SMILES string of the molecule is CC(=O)N1CCC[C@H]1CN(c1ncc(B2OC(C)(C)C(C)(C)O2)cn1)C1CC1. The van der Waals surface area contributed by atoms with Gasteiger partial charge in [0.2, 0.25) is 11.9 Å². The highest BCUT2D eigenvalue weighted by Gasteiger charge is 2.52. The lowest BCUT2D eigenvalue weighted by atomic mass is 9.81. The average Bonchev–Trinajstić information content (AvgIpc) is 3.30. The summed E-state index contributed by atoms with van der Waals surface area (Å²) in [6.07, 6.45) is 8.08. The first-order valence-corrected chi connectivity index (χ1v) is 10.4. The molecule has 1 aromatic heterocycles. The molecule has 0 aromatic carbocycles. The number of hydrogen-bond acceptors (Lipinski definition) is 6. The molecule has 8 heteroatoms. The smallest absolute Gasteiger partial charge is 0.399 e. The number of nitrogens with zero attached hydrogens (tertiary/aromatic N) is 4. The summed E-state index contributed by atoms with van der Waals surface area (Å²) < 4.78 is 12.2. The molecule has 1 amide bonds. The summed E-state index contributed by atoms with van der Waals surface area (Å²) in [6, 6.07) is 0.738. The maximum Gasteiger partial charge on any atom is 0.498 e. The third kappa shape index (κ3) is 3.64. The molecule has 28 heavy (non-hydrogen) atoms. The van der Waals surface area contributed by atoms with Gasteiger partial charge in [0.05, 0.1) is 11.2 Å². The molecule has 1 aromatic rings. The van der Waals surface area contributed by atoms with Crippen LogP contribution in [0.4, 0.5) is 5.95 Å². The summed E-state index contributed by atoms with van der Waals surface area (Å²) in [5.41, 5.74) is 0.0775. The summed E-state index contributed by atoms with van der Waals surface area (Å²) >= 11 is 0. The molecule has 4 rings (SSSR count). The number of anilines is 1. The summed E-state index contributed by atoms with van der Waals surface area (Å²) in [5, 5.41) is 0. The van der Waals surface area contributed by atoms with E-state index >= 15 is 0 Å². The minimum atomic E-state index is -0.448. The number of aromatic nitrogens is 2. The predicted molar refractivity (Wildman–Crippen MR) is 109 cm³/mol. The molecule has 3 heterocycles. The Balaban J connectivity index is 1.48. The van der Waals surface area contributed by atoms with Crippen molar-refractivity contribution in [1.29, 1.82) is 0 Å². The summed E-state index contributed by atoms with van der Waals surface area (Å²) in [4.78, 5) is 25.5.